The molecule has 3 fully saturated rings. The van der Waals surface area contributed by atoms with Crippen LogP contribution >= 0.6 is 11.6 Å². The van der Waals surface area contributed by atoms with Crippen LogP contribution in [-0.4, -0.2) is 160 Å². The van der Waals surface area contributed by atoms with Crippen molar-refractivity contribution in [2.75, 3.05) is 62.2 Å². The Morgan fingerprint density at radius 1 is 0.604 bits per heavy atom. The van der Waals surface area contributed by atoms with Gasteiger partial charge >= 0.3 is 18.3 Å². The van der Waals surface area contributed by atoms with E-state index in [1.165, 1.54) is 38.0 Å². The molecular formula is C76H94ClN15O9. The number of carbonyl (C=O) groups excluding carboxylic acids is 5. The number of piperidine rings is 2. The van der Waals surface area contributed by atoms with E-state index in [0.717, 1.165) is 163 Å². The smallest absolute Gasteiger partial charge is 0.414 e. The molecule has 6 aliphatic rings. The second kappa shape index (κ2) is 30.6. The summed E-state index contributed by atoms with van der Waals surface area (Å²) in [5.74, 6) is 3.84. The first kappa shape index (κ1) is 70.3. The van der Waals surface area contributed by atoms with E-state index < -0.39 is 0 Å². The van der Waals surface area contributed by atoms with Crippen molar-refractivity contribution in [2.45, 2.75) is 187 Å². The molecule has 0 radical (unpaired) electrons. The summed E-state index contributed by atoms with van der Waals surface area (Å²) < 4.78 is 25.7. The van der Waals surface area contributed by atoms with Gasteiger partial charge in [-0.1, -0.05) is 48.9 Å². The summed E-state index contributed by atoms with van der Waals surface area (Å²) in [6.45, 7) is 14.7. The summed E-state index contributed by atoms with van der Waals surface area (Å²) in [4.78, 5) is 85.2. The van der Waals surface area contributed by atoms with E-state index in [1.54, 1.807) is 44.9 Å². The number of fused-ring (bicyclic) bond motifs is 9. The van der Waals surface area contributed by atoms with Crippen LogP contribution < -0.4 is 20.0 Å². The summed E-state index contributed by atoms with van der Waals surface area (Å²) in [5, 5.41) is 22.6. The number of aliphatic hydroxyl groups is 1. The molecule has 534 valence electrons. The average Bonchev–Trinajstić information content (AvgIpc) is 1.64. The topological polar surface area (TPSA) is 247 Å². The van der Waals surface area contributed by atoms with Crippen LogP contribution in [0.3, 0.4) is 0 Å². The zero-order valence-electron chi connectivity index (χ0n) is 59.3. The van der Waals surface area contributed by atoms with Gasteiger partial charge in [0.05, 0.1) is 95.4 Å². The highest BCUT2D eigenvalue weighted by Crippen LogP contribution is 2.43. The summed E-state index contributed by atoms with van der Waals surface area (Å²) in [7, 11) is 4.27. The minimum absolute atomic E-state index is 0.0269. The van der Waals surface area contributed by atoms with Gasteiger partial charge in [-0.15, -0.1) is 0 Å². The van der Waals surface area contributed by atoms with Crippen LogP contribution in [0.4, 0.5) is 31.4 Å². The van der Waals surface area contributed by atoms with Crippen LogP contribution in [0.1, 0.15) is 151 Å². The van der Waals surface area contributed by atoms with E-state index >= 15 is 0 Å². The fourth-order valence-corrected chi connectivity index (χ4v) is 16.5. The molecule has 0 bridgehead atoms. The Labute approximate surface area is 593 Å². The number of nitrogens with one attached hydrogen (secondary N) is 1. The number of nitrogens with zero attached hydrogens (tertiary/aromatic N) is 14. The lowest BCUT2D eigenvalue weighted by molar-refractivity contribution is -0.133. The predicted molar refractivity (Wildman–Crippen MR) is 388 cm³/mol. The first-order valence-corrected chi connectivity index (χ1v) is 36.3. The maximum atomic E-state index is 13.2. The largest absolute Gasteiger partial charge is 0.452 e. The number of anilines is 3. The molecule has 10 heterocycles. The number of hydrogen-bond acceptors (Lipinski definition) is 15. The van der Waals surface area contributed by atoms with E-state index in [0.29, 0.717) is 62.4 Å². The van der Waals surface area contributed by atoms with Gasteiger partial charge in [-0.25, -0.2) is 29.3 Å². The van der Waals surface area contributed by atoms with Gasteiger partial charge < -0.3 is 43.2 Å². The summed E-state index contributed by atoms with van der Waals surface area (Å²) >= 11 is 6.12. The monoisotopic (exact) mass is 1400 g/mol. The number of imidazole rings is 3. The number of ether oxygens (including phenoxy) is 3. The number of aliphatic hydroxyl groups excluding tert-OH is 1. The molecule has 15 rings (SSSR count). The number of ketones is 1. The van der Waals surface area contributed by atoms with Crippen molar-refractivity contribution in [3.63, 3.8) is 0 Å². The number of aromatic nitrogens is 10. The van der Waals surface area contributed by atoms with Gasteiger partial charge in [0.25, 0.3) is 0 Å². The Kier molecular flexibility index (Phi) is 21.3. The first-order valence-electron chi connectivity index (χ1n) is 36.0. The van der Waals surface area contributed by atoms with Crippen molar-refractivity contribution in [3.8, 4) is 0 Å². The maximum Gasteiger partial charge on any atom is 0.414 e. The van der Waals surface area contributed by atoms with Crippen molar-refractivity contribution in [1.29, 1.82) is 0 Å². The van der Waals surface area contributed by atoms with Gasteiger partial charge in [-0.2, -0.15) is 10.2 Å². The number of amides is 4. The van der Waals surface area contributed by atoms with Crippen molar-refractivity contribution >= 4 is 91.7 Å². The van der Waals surface area contributed by atoms with Crippen molar-refractivity contribution in [2.24, 2.45) is 11.8 Å². The number of aryl methyl sites for hydroxylation is 5. The molecule has 5 aliphatic heterocycles. The molecule has 0 spiro atoms. The van der Waals surface area contributed by atoms with Gasteiger partial charge in [0.15, 0.2) is 0 Å². The predicted octanol–water partition coefficient (Wildman–Crippen LogP) is 12.2. The lowest BCUT2D eigenvalue weighted by atomic mass is 9.83. The summed E-state index contributed by atoms with van der Waals surface area (Å²) in [6.07, 6.45) is 18.3. The molecular weight excluding hydrogens is 1300 g/mol. The number of Topliss-reactive ketones (excluding diaryl/α,β-unsaturated/α-hetero) is 1. The van der Waals surface area contributed by atoms with E-state index in [9.17, 15) is 29.1 Å². The number of rotatable bonds is 12. The molecule has 2 saturated heterocycles. The van der Waals surface area contributed by atoms with E-state index in [2.05, 4.69) is 87.0 Å². The average molecular weight is 1400 g/mol. The summed E-state index contributed by atoms with van der Waals surface area (Å²) in [5.41, 5.74) is 13.1. The molecule has 1 saturated carbocycles. The highest BCUT2D eigenvalue weighted by Gasteiger charge is 2.38. The zero-order chi connectivity index (χ0) is 70.8. The van der Waals surface area contributed by atoms with Gasteiger partial charge in [-0.05, 0) is 178 Å². The van der Waals surface area contributed by atoms with Crippen LogP contribution in [0.15, 0.2) is 97.6 Å². The highest BCUT2D eigenvalue weighted by atomic mass is 35.5. The van der Waals surface area contributed by atoms with Gasteiger partial charge in [0.1, 0.15) is 29.8 Å². The van der Waals surface area contributed by atoms with Crippen LogP contribution in [0.2, 0.25) is 5.02 Å². The van der Waals surface area contributed by atoms with Crippen LogP contribution in [0, 0.1) is 11.8 Å². The fraction of sp³-hybridized carbons (Fsp3) is 0.500. The van der Waals surface area contributed by atoms with Crippen molar-refractivity contribution in [1.82, 2.24) is 58.4 Å². The molecule has 101 heavy (non-hydrogen) atoms. The second-order valence-electron chi connectivity index (χ2n) is 28.2. The molecule has 0 unspecified atom stereocenters. The Morgan fingerprint density at radius 2 is 1.15 bits per heavy atom. The Bertz CT molecular complexity index is 4470. The minimum Gasteiger partial charge on any atom is -0.452 e. The number of likely N-dealkylation sites (tertiary alicyclic amines) is 1. The van der Waals surface area contributed by atoms with E-state index in [4.69, 9.17) is 40.8 Å². The Balaban J connectivity index is 0.000000136. The Hall–Kier alpha value is -9.13. The quantitative estimate of drug-likeness (QED) is 0.108. The molecule has 24 nitrogen and oxygen atoms in total. The number of carbonyl (C=O) groups is 5. The maximum absolute atomic E-state index is 13.2. The van der Waals surface area contributed by atoms with Gasteiger partial charge in [-0.3, -0.25) is 33.7 Å². The normalized spacial score (nSPS) is 21.4. The molecule has 5 aromatic heterocycles. The third kappa shape index (κ3) is 14.4. The molecule has 4 aromatic carbocycles. The van der Waals surface area contributed by atoms with E-state index in [1.807, 2.05) is 58.5 Å². The molecule has 5 atom stereocenters. The molecule has 1 aliphatic carbocycles. The van der Waals surface area contributed by atoms with E-state index in [-0.39, 0.29) is 72.7 Å². The SMILES string of the molecule is COC(=O)N1c2ccc3c(nc(CCn4cccn4)n3CC(=O)N3CCC(O)CC3)c2CC[C@@H]1C.COC(=O)N1c2ccc3c(nc(Cc4ccccc4)n3[C@@H]3CCNC[C@H]3C)c2CC[C@@H]1C.COC(=O)N1c2ccc3c(nc(Cn4cc(Cl)cn4)n3C3CCC(C(C)=O)CC3)c2CC[C@@H]1C. The number of methoxy groups -OCH3 is 3. The Morgan fingerprint density at radius 3 is 1.67 bits per heavy atom. The number of halogens is 1. The third-order valence-corrected chi connectivity index (χ3v) is 22.0. The highest BCUT2D eigenvalue weighted by molar-refractivity contribution is 6.30. The zero-order valence-corrected chi connectivity index (χ0v) is 60.0. The van der Waals surface area contributed by atoms with Crippen molar-refractivity contribution in [3.05, 3.63) is 142 Å². The van der Waals surface area contributed by atoms with Gasteiger partial charge in [0, 0.05) is 104 Å². The minimum atomic E-state index is -0.376. The second-order valence-corrected chi connectivity index (χ2v) is 28.6. The first-order chi connectivity index (χ1) is 48.9. The molecule has 4 amide bonds. The third-order valence-electron chi connectivity index (χ3n) is 21.8. The number of hydrogen-bond donors (Lipinski definition) is 2. The fourth-order valence-electron chi connectivity index (χ4n) is 16.4. The standard InChI is InChI=1S/C26H32N4O2.C25H30ClN5O3.C25H32N6O4/c1-17-16-27-14-13-21(17)30-23-12-11-22-20(10-9-18(2)29(22)26(31)32-3)25(23)28-24(30)15-19-7-5-4-6-8-19;1-15-4-9-20-21(30(15)25(33)34-3)10-11-22-24(20)28-23(14-29-13-18(26)12-27-29)31(22)19-7-5-17(6-8-19)16(2)32;1-17-4-5-19-20(31(17)25(34)35-2)6-7-21-24(19)27-22(10-15-29-12-3-11-26-29)30(21)16-23(33)28-13-8-18(32)9-14-28/h4-8,11-12,17-18,21,27H,9-10,13-16H2,1-3H3;10-13,15,17,19H,4-9,14H2,1-3H3;3,6-7,11-12,17-18,32H,4-5,8-10,13-16H2,1-2H3/t17-,18+,21-;15-,17?,19?;17-/m100/s1. The van der Waals surface area contributed by atoms with Crippen LogP contribution in [0.5, 0.6) is 0 Å². The number of benzene rings is 4. The lowest BCUT2D eigenvalue weighted by Gasteiger charge is -2.34. The van der Waals surface area contributed by atoms with Gasteiger partial charge in [0.2, 0.25) is 5.91 Å². The molecule has 9 aromatic rings. The van der Waals surface area contributed by atoms with Crippen LogP contribution in [0.25, 0.3) is 33.1 Å². The molecule has 25 heteroatoms. The van der Waals surface area contributed by atoms with Crippen LogP contribution in [-0.2, 0) is 75.5 Å². The summed E-state index contributed by atoms with van der Waals surface area (Å²) in [6, 6.07) is 25.6. The van der Waals surface area contributed by atoms with Crippen molar-refractivity contribution < 1.29 is 43.3 Å². The lowest BCUT2D eigenvalue weighted by Crippen LogP contribution is -2.42. The molecule has 2 N–H and O–H groups in total.